The number of amides is 3. The first kappa shape index (κ1) is 20.8. The maximum Gasteiger partial charge on any atom is 0.282 e. The van der Waals surface area contributed by atoms with Crippen LogP contribution in [0.25, 0.3) is 5.57 Å². The fourth-order valence-corrected chi connectivity index (χ4v) is 3.95. The second kappa shape index (κ2) is 8.35. The van der Waals surface area contributed by atoms with Gasteiger partial charge in [-0.25, -0.2) is 4.90 Å². The highest BCUT2D eigenvalue weighted by Crippen LogP contribution is 2.35. The van der Waals surface area contributed by atoms with E-state index in [9.17, 15) is 14.4 Å². The Morgan fingerprint density at radius 3 is 2.06 bits per heavy atom. The van der Waals surface area contributed by atoms with Crippen molar-refractivity contribution in [3.63, 3.8) is 0 Å². The van der Waals surface area contributed by atoms with E-state index in [0.29, 0.717) is 41.3 Å². The first-order valence-electron chi connectivity index (χ1n) is 10.4. The largest absolute Gasteiger partial charge is 0.364 e. The van der Waals surface area contributed by atoms with Crippen LogP contribution in [0.1, 0.15) is 18.1 Å². The molecule has 0 spiro atoms. The molecule has 2 aliphatic rings. The summed E-state index contributed by atoms with van der Waals surface area (Å²) in [5.74, 6) is -0.780. The summed E-state index contributed by atoms with van der Waals surface area (Å²) in [6, 6.07) is 14.4. The van der Waals surface area contributed by atoms with Crippen molar-refractivity contribution >= 4 is 34.7 Å². The van der Waals surface area contributed by atoms with Crippen molar-refractivity contribution in [1.82, 2.24) is 9.80 Å². The molecule has 1 N–H and O–H groups in total. The number of piperazine rings is 1. The summed E-state index contributed by atoms with van der Waals surface area (Å²) in [5.41, 5.74) is 3.79. The summed E-state index contributed by atoms with van der Waals surface area (Å²) in [4.78, 5) is 43.9. The average Bonchev–Trinajstić information content (AvgIpc) is 3.00. The molecule has 1 fully saturated rings. The zero-order chi connectivity index (χ0) is 22.1. The van der Waals surface area contributed by atoms with Crippen molar-refractivity contribution in [3.05, 3.63) is 65.4 Å². The zero-order valence-corrected chi connectivity index (χ0v) is 18.0. The van der Waals surface area contributed by atoms with Crippen LogP contribution in [-0.4, -0.2) is 60.7 Å². The number of hydrogen-bond acceptors (Lipinski definition) is 5. The van der Waals surface area contributed by atoms with Crippen molar-refractivity contribution in [1.29, 1.82) is 0 Å². The molecule has 7 nitrogen and oxygen atoms in total. The summed E-state index contributed by atoms with van der Waals surface area (Å²) in [6.45, 7) is 6.42. The summed E-state index contributed by atoms with van der Waals surface area (Å²) < 4.78 is 0. The van der Waals surface area contributed by atoms with Gasteiger partial charge in [0, 0.05) is 38.8 Å². The minimum atomic E-state index is -0.324. The van der Waals surface area contributed by atoms with Gasteiger partial charge in [-0.2, -0.15) is 0 Å². The third kappa shape index (κ3) is 4.09. The van der Waals surface area contributed by atoms with Crippen LogP contribution in [0.5, 0.6) is 0 Å². The van der Waals surface area contributed by atoms with Crippen LogP contribution in [-0.2, 0) is 14.4 Å². The van der Waals surface area contributed by atoms with Crippen LogP contribution < -0.4 is 10.2 Å². The number of hydrogen-bond donors (Lipinski definition) is 1. The molecule has 7 heteroatoms. The zero-order valence-electron chi connectivity index (χ0n) is 18.0. The normalized spacial score (nSPS) is 17.5. The smallest absolute Gasteiger partial charge is 0.282 e. The highest BCUT2D eigenvalue weighted by Gasteiger charge is 2.42. The molecule has 31 heavy (non-hydrogen) atoms. The molecule has 1 saturated heterocycles. The molecule has 0 radical (unpaired) electrons. The third-order valence-corrected chi connectivity index (χ3v) is 5.67. The molecule has 3 amide bonds. The fraction of sp³-hybridized carbons (Fsp3) is 0.292. The summed E-state index contributed by atoms with van der Waals surface area (Å²) in [5, 5.41) is 2.73. The van der Waals surface area contributed by atoms with Gasteiger partial charge in [0.15, 0.2) is 0 Å². The predicted molar refractivity (Wildman–Crippen MR) is 120 cm³/mol. The van der Waals surface area contributed by atoms with Crippen LogP contribution >= 0.6 is 0 Å². The lowest BCUT2D eigenvalue weighted by Gasteiger charge is -2.34. The van der Waals surface area contributed by atoms with E-state index >= 15 is 0 Å². The topological polar surface area (TPSA) is 73.0 Å². The quantitative estimate of drug-likeness (QED) is 0.773. The molecule has 0 unspecified atom stereocenters. The standard InChI is InChI=1S/C24H26N4O3/c1-16-4-10-20(11-5-16)28-23(30)21(18-6-8-19(9-7-18)25-17(2)29)22(24(28)31)27-14-12-26(3)13-15-27/h4-11H,12-15H2,1-3H3,(H,25,29). The van der Waals surface area contributed by atoms with E-state index in [0.717, 1.165) is 18.7 Å². The number of anilines is 2. The molecule has 2 aliphatic heterocycles. The van der Waals surface area contributed by atoms with Crippen molar-refractivity contribution in [2.24, 2.45) is 0 Å². The van der Waals surface area contributed by atoms with Crippen molar-refractivity contribution in [2.75, 3.05) is 43.4 Å². The van der Waals surface area contributed by atoms with Gasteiger partial charge in [0.1, 0.15) is 5.70 Å². The Balaban J connectivity index is 1.76. The highest BCUT2D eigenvalue weighted by molar-refractivity contribution is 6.45. The van der Waals surface area contributed by atoms with Gasteiger partial charge in [-0.15, -0.1) is 0 Å². The molecule has 2 heterocycles. The molecular weight excluding hydrogens is 392 g/mol. The van der Waals surface area contributed by atoms with E-state index in [1.165, 1.54) is 11.8 Å². The number of benzene rings is 2. The Hall–Kier alpha value is -3.45. The average molecular weight is 418 g/mol. The summed E-state index contributed by atoms with van der Waals surface area (Å²) >= 11 is 0. The van der Waals surface area contributed by atoms with Gasteiger partial charge in [0.2, 0.25) is 5.91 Å². The van der Waals surface area contributed by atoms with Gasteiger partial charge >= 0.3 is 0 Å². The fourth-order valence-electron chi connectivity index (χ4n) is 3.95. The minimum Gasteiger partial charge on any atom is -0.364 e. The Bertz CT molecular complexity index is 1050. The predicted octanol–water partition coefficient (Wildman–Crippen LogP) is 2.49. The molecular formula is C24H26N4O3. The number of rotatable bonds is 4. The molecule has 0 aliphatic carbocycles. The Morgan fingerprint density at radius 2 is 1.48 bits per heavy atom. The number of likely N-dealkylation sites (N-methyl/N-ethyl adjacent to an activating group) is 1. The van der Waals surface area contributed by atoms with E-state index in [1.54, 1.807) is 36.4 Å². The molecule has 0 bridgehead atoms. The minimum absolute atomic E-state index is 0.164. The van der Waals surface area contributed by atoms with Gasteiger partial charge in [-0.05, 0) is 43.8 Å². The first-order valence-corrected chi connectivity index (χ1v) is 10.4. The molecule has 4 rings (SSSR count). The molecule has 0 saturated carbocycles. The van der Waals surface area contributed by atoms with E-state index in [1.807, 2.05) is 31.0 Å². The summed E-state index contributed by atoms with van der Waals surface area (Å²) in [6.07, 6.45) is 0. The number of aryl methyl sites for hydroxylation is 1. The second-order valence-corrected chi connectivity index (χ2v) is 8.05. The Labute approximate surface area is 181 Å². The third-order valence-electron chi connectivity index (χ3n) is 5.67. The monoisotopic (exact) mass is 418 g/mol. The molecule has 0 aromatic heterocycles. The summed E-state index contributed by atoms with van der Waals surface area (Å²) in [7, 11) is 2.05. The Morgan fingerprint density at radius 1 is 0.871 bits per heavy atom. The lowest BCUT2D eigenvalue weighted by Crippen LogP contribution is -2.46. The molecule has 0 atom stereocenters. The van der Waals surface area contributed by atoms with Gasteiger partial charge in [-0.1, -0.05) is 29.8 Å². The van der Waals surface area contributed by atoms with Crippen molar-refractivity contribution in [2.45, 2.75) is 13.8 Å². The maximum absolute atomic E-state index is 13.5. The van der Waals surface area contributed by atoms with Crippen molar-refractivity contribution < 1.29 is 14.4 Å². The molecule has 2 aromatic carbocycles. The van der Waals surface area contributed by atoms with E-state index < -0.39 is 0 Å². The molecule has 160 valence electrons. The number of nitrogens with one attached hydrogen (secondary N) is 1. The molecule has 2 aromatic rings. The number of imide groups is 1. The number of carbonyl (C=O) groups is 3. The van der Waals surface area contributed by atoms with Crippen LogP contribution in [0.2, 0.25) is 0 Å². The van der Waals surface area contributed by atoms with E-state index in [-0.39, 0.29) is 17.7 Å². The highest BCUT2D eigenvalue weighted by atomic mass is 16.2. The van der Waals surface area contributed by atoms with Crippen LogP contribution in [0.15, 0.2) is 54.2 Å². The lowest BCUT2D eigenvalue weighted by atomic mass is 10.0. The van der Waals surface area contributed by atoms with Gasteiger partial charge in [0.25, 0.3) is 11.8 Å². The van der Waals surface area contributed by atoms with Crippen LogP contribution in [0.4, 0.5) is 11.4 Å². The van der Waals surface area contributed by atoms with Gasteiger partial charge in [0.05, 0.1) is 11.3 Å². The second-order valence-electron chi connectivity index (χ2n) is 8.05. The van der Waals surface area contributed by atoms with Crippen LogP contribution in [0.3, 0.4) is 0 Å². The lowest BCUT2D eigenvalue weighted by molar-refractivity contribution is -0.121. The van der Waals surface area contributed by atoms with Crippen LogP contribution in [0, 0.1) is 6.92 Å². The number of carbonyl (C=O) groups excluding carboxylic acids is 3. The Kier molecular flexibility index (Phi) is 5.61. The van der Waals surface area contributed by atoms with Crippen molar-refractivity contribution in [3.8, 4) is 0 Å². The van der Waals surface area contributed by atoms with E-state index in [4.69, 9.17) is 0 Å². The SMILES string of the molecule is CC(=O)Nc1ccc(C2=C(N3CCN(C)CC3)C(=O)N(c3ccc(C)cc3)C2=O)cc1. The first-order chi connectivity index (χ1) is 14.8. The van der Waals surface area contributed by atoms with Gasteiger partial charge in [-0.3, -0.25) is 14.4 Å². The number of nitrogens with zero attached hydrogens (tertiary/aromatic N) is 3. The van der Waals surface area contributed by atoms with E-state index in [2.05, 4.69) is 10.2 Å². The maximum atomic E-state index is 13.5. The van der Waals surface area contributed by atoms with Gasteiger partial charge < -0.3 is 15.1 Å².